The van der Waals surface area contributed by atoms with Crippen molar-refractivity contribution in [2.75, 3.05) is 20.3 Å². The van der Waals surface area contributed by atoms with Gasteiger partial charge in [-0.15, -0.1) is 0 Å². The Kier molecular flexibility index (Phi) is 7.02. The summed E-state index contributed by atoms with van der Waals surface area (Å²) in [6, 6.07) is 11.2. The summed E-state index contributed by atoms with van der Waals surface area (Å²) in [5.74, 6) is 1.50. The number of ether oxygens (including phenoxy) is 3. The van der Waals surface area contributed by atoms with Crippen molar-refractivity contribution in [2.45, 2.75) is 20.8 Å². The Bertz CT molecular complexity index is 787. The molecule has 2 aromatic rings. The third-order valence-electron chi connectivity index (χ3n) is 3.76. The van der Waals surface area contributed by atoms with Crippen LogP contribution in [-0.2, 0) is 4.79 Å². The van der Waals surface area contributed by atoms with Crippen molar-refractivity contribution in [1.29, 1.82) is 0 Å². The number of carbonyl (C=O) groups excluding carboxylic acids is 1. The lowest BCUT2D eigenvalue weighted by molar-refractivity contribution is -0.123. The van der Waals surface area contributed by atoms with Crippen LogP contribution in [0, 0.1) is 13.8 Å². The Morgan fingerprint density at radius 3 is 2.65 bits per heavy atom. The van der Waals surface area contributed by atoms with Crippen LogP contribution in [0.2, 0.25) is 0 Å². The molecule has 2 aromatic carbocycles. The van der Waals surface area contributed by atoms with Gasteiger partial charge in [0, 0.05) is 5.56 Å². The second-order valence-corrected chi connectivity index (χ2v) is 5.64. The van der Waals surface area contributed by atoms with Gasteiger partial charge in [0.05, 0.1) is 19.9 Å². The molecule has 0 aliphatic heterocycles. The number of hydrogen-bond acceptors (Lipinski definition) is 5. The normalized spacial score (nSPS) is 10.6. The molecule has 0 saturated heterocycles. The van der Waals surface area contributed by atoms with Gasteiger partial charge in [0.1, 0.15) is 5.75 Å². The minimum atomic E-state index is -0.347. The topological polar surface area (TPSA) is 69.2 Å². The maximum atomic E-state index is 11.9. The highest BCUT2D eigenvalue weighted by atomic mass is 16.5. The van der Waals surface area contributed by atoms with E-state index in [0.717, 1.165) is 5.56 Å². The number of para-hydroxylation sites is 1. The predicted octanol–water partition coefficient (Wildman–Crippen LogP) is 3.24. The Hall–Kier alpha value is -3.02. The number of rotatable bonds is 8. The van der Waals surface area contributed by atoms with Crippen LogP contribution < -0.4 is 19.6 Å². The number of carbonyl (C=O) groups is 1. The Labute approximate surface area is 153 Å². The Balaban J connectivity index is 1.93. The predicted molar refractivity (Wildman–Crippen MR) is 101 cm³/mol. The molecule has 6 nitrogen and oxygen atoms in total. The number of nitrogens with zero attached hydrogens (tertiary/aromatic N) is 1. The molecule has 6 heteroatoms. The van der Waals surface area contributed by atoms with Gasteiger partial charge in [-0.05, 0) is 56.2 Å². The molecule has 0 atom stereocenters. The van der Waals surface area contributed by atoms with E-state index in [1.165, 1.54) is 11.8 Å². The number of hydrazone groups is 1. The van der Waals surface area contributed by atoms with Gasteiger partial charge in [-0.2, -0.15) is 5.10 Å². The molecule has 0 unspecified atom stereocenters. The number of methoxy groups -OCH3 is 1. The second kappa shape index (κ2) is 9.46. The number of hydrogen-bond donors (Lipinski definition) is 1. The summed E-state index contributed by atoms with van der Waals surface area (Å²) >= 11 is 0. The van der Waals surface area contributed by atoms with Gasteiger partial charge in [-0.1, -0.05) is 12.1 Å². The van der Waals surface area contributed by atoms with Crippen molar-refractivity contribution < 1.29 is 19.0 Å². The lowest BCUT2D eigenvalue weighted by atomic mass is 10.1. The van der Waals surface area contributed by atoms with Crippen molar-refractivity contribution in [3.63, 3.8) is 0 Å². The Morgan fingerprint density at radius 2 is 1.96 bits per heavy atom. The molecular weight excluding hydrogens is 332 g/mol. The lowest BCUT2D eigenvalue weighted by Crippen LogP contribution is -2.24. The molecule has 1 amide bonds. The summed E-state index contributed by atoms with van der Waals surface area (Å²) < 4.78 is 16.3. The summed E-state index contributed by atoms with van der Waals surface area (Å²) in [5.41, 5.74) is 5.44. The average Bonchev–Trinajstić information content (AvgIpc) is 2.64. The first-order valence-electron chi connectivity index (χ1n) is 8.37. The van der Waals surface area contributed by atoms with Crippen LogP contribution in [0.3, 0.4) is 0 Å². The van der Waals surface area contributed by atoms with Gasteiger partial charge in [-0.25, -0.2) is 5.43 Å². The van der Waals surface area contributed by atoms with E-state index in [1.807, 2.05) is 51.1 Å². The molecule has 0 saturated carbocycles. The van der Waals surface area contributed by atoms with Gasteiger partial charge < -0.3 is 14.2 Å². The summed E-state index contributed by atoms with van der Waals surface area (Å²) in [4.78, 5) is 11.9. The van der Waals surface area contributed by atoms with Crippen molar-refractivity contribution in [2.24, 2.45) is 5.10 Å². The van der Waals surface area contributed by atoms with Gasteiger partial charge in [0.15, 0.2) is 18.1 Å². The maximum Gasteiger partial charge on any atom is 0.277 e. The van der Waals surface area contributed by atoms with Crippen LogP contribution in [0.5, 0.6) is 17.2 Å². The minimum Gasteiger partial charge on any atom is -0.493 e. The number of benzene rings is 2. The quantitative estimate of drug-likeness (QED) is 0.582. The zero-order chi connectivity index (χ0) is 18.9. The fourth-order valence-corrected chi connectivity index (χ4v) is 2.25. The molecule has 138 valence electrons. The third-order valence-corrected chi connectivity index (χ3v) is 3.76. The van der Waals surface area contributed by atoms with E-state index in [4.69, 9.17) is 14.2 Å². The molecule has 1 N–H and O–H groups in total. The highest BCUT2D eigenvalue weighted by molar-refractivity contribution is 5.86. The standard InChI is InChI=1S/C20H24N2O4/c1-5-25-20-16(7-6-8-18(20)24-4)12-21-22-19(23)13-26-17-10-9-14(2)15(3)11-17/h6-12H,5,13H2,1-4H3,(H,22,23)/b21-12+. The molecule has 0 radical (unpaired) electrons. The zero-order valence-corrected chi connectivity index (χ0v) is 15.5. The van der Waals surface area contributed by atoms with Crippen LogP contribution in [0.15, 0.2) is 41.5 Å². The van der Waals surface area contributed by atoms with E-state index in [2.05, 4.69) is 10.5 Å². The first-order valence-corrected chi connectivity index (χ1v) is 8.37. The highest BCUT2D eigenvalue weighted by Crippen LogP contribution is 2.29. The van der Waals surface area contributed by atoms with Crippen LogP contribution >= 0.6 is 0 Å². The fraction of sp³-hybridized carbons (Fsp3) is 0.300. The highest BCUT2D eigenvalue weighted by Gasteiger charge is 2.08. The smallest absolute Gasteiger partial charge is 0.277 e. The zero-order valence-electron chi connectivity index (χ0n) is 15.5. The molecule has 2 rings (SSSR count). The summed E-state index contributed by atoms with van der Waals surface area (Å²) in [7, 11) is 1.57. The molecule has 26 heavy (non-hydrogen) atoms. The maximum absolute atomic E-state index is 11.9. The fourth-order valence-electron chi connectivity index (χ4n) is 2.25. The largest absolute Gasteiger partial charge is 0.493 e. The number of nitrogens with one attached hydrogen (secondary N) is 1. The number of aryl methyl sites for hydroxylation is 2. The Morgan fingerprint density at radius 1 is 1.15 bits per heavy atom. The first kappa shape index (κ1) is 19.3. The molecule has 0 aliphatic rings. The van der Waals surface area contributed by atoms with Crippen molar-refractivity contribution in [1.82, 2.24) is 5.43 Å². The summed E-state index contributed by atoms with van der Waals surface area (Å²) in [6.07, 6.45) is 1.52. The van der Waals surface area contributed by atoms with Crippen LogP contribution in [0.25, 0.3) is 0 Å². The van der Waals surface area contributed by atoms with E-state index in [1.54, 1.807) is 13.2 Å². The second-order valence-electron chi connectivity index (χ2n) is 5.64. The molecular formula is C20H24N2O4. The van der Waals surface area contributed by atoms with E-state index in [0.29, 0.717) is 29.4 Å². The van der Waals surface area contributed by atoms with E-state index in [-0.39, 0.29) is 12.5 Å². The van der Waals surface area contributed by atoms with Gasteiger partial charge >= 0.3 is 0 Å². The first-order chi connectivity index (χ1) is 12.5. The summed E-state index contributed by atoms with van der Waals surface area (Å²) in [6.45, 7) is 6.29. The van der Waals surface area contributed by atoms with Crippen LogP contribution in [0.1, 0.15) is 23.6 Å². The third kappa shape index (κ3) is 5.24. The summed E-state index contributed by atoms with van der Waals surface area (Å²) in [5, 5.41) is 3.96. The number of amides is 1. The van der Waals surface area contributed by atoms with Gasteiger partial charge in [0.2, 0.25) is 0 Å². The average molecular weight is 356 g/mol. The lowest BCUT2D eigenvalue weighted by Gasteiger charge is -2.11. The molecule has 0 aromatic heterocycles. The molecule has 0 bridgehead atoms. The van der Waals surface area contributed by atoms with E-state index < -0.39 is 0 Å². The van der Waals surface area contributed by atoms with Gasteiger partial charge in [-0.3, -0.25) is 4.79 Å². The van der Waals surface area contributed by atoms with E-state index in [9.17, 15) is 4.79 Å². The van der Waals surface area contributed by atoms with Crippen LogP contribution in [0.4, 0.5) is 0 Å². The molecule has 0 spiro atoms. The molecule has 0 aliphatic carbocycles. The van der Waals surface area contributed by atoms with Crippen molar-refractivity contribution in [3.8, 4) is 17.2 Å². The van der Waals surface area contributed by atoms with Gasteiger partial charge in [0.25, 0.3) is 5.91 Å². The molecule has 0 fully saturated rings. The monoisotopic (exact) mass is 356 g/mol. The van der Waals surface area contributed by atoms with E-state index >= 15 is 0 Å². The van der Waals surface area contributed by atoms with Crippen LogP contribution in [-0.4, -0.2) is 32.4 Å². The van der Waals surface area contributed by atoms with Crippen molar-refractivity contribution in [3.05, 3.63) is 53.1 Å². The van der Waals surface area contributed by atoms with Crippen molar-refractivity contribution >= 4 is 12.1 Å². The molecule has 0 heterocycles. The minimum absolute atomic E-state index is 0.115. The SMILES string of the molecule is CCOc1c(/C=N/NC(=O)COc2ccc(C)c(C)c2)cccc1OC.